The second-order valence-corrected chi connectivity index (χ2v) is 9.41. The van der Waals surface area contributed by atoms with Crippen LogP contribution in [-0.2, 0) is 14.2 Å². The fourth-order valence-corrected chi connectivity index (χ4v) is 4.84. The zero-order valence-electron chi connectivity index (χ0n) is 21.2. The molecule has 2 aliphatic heterocycles. The van der Waals surface area contributed by atoms with Crippen molar-refractivity contribution in [1.82, 2.24) is 39.0 Å². The molecule has 0 aromatic carbocycles. The number of hydrogen-bond acceptors (Lipinski definition) is 16. The zero-order valence-corrected chi connectivity index (χ0v) is 21.2. The predicted molar refractivity (Wildman–Crippen MR) is 136 cm³/mol. The Morgan fingerprint density at radius 2 is 1.49 bits per heavy atom. The number of rotatable bonds is 6. The number of aliphatic hydroxyl groups excluding tert-OH is 5. The van der Waals surface area contributed by atoms with Gasteiger partial charge in [0.05, 0.1) is 19.5 Å². The first-order valence-corrected chi connectivity index (χ1v) is 12.4. The number of aromatic nitrogens is 8. The standard InChI is InChI=1S/C23H26N10O8/c24-18-12-20(28-6-26-18)32(8-30-12)22-16(37)15(36)10(41-22)5-39-3-1-2-11-31-13-19(25)27-7-29-21(13)33(11)23-17(38)14(35)9(4-34)40-23/h6-10,14-17,22-23,34-38H,3-5H2,(H2,24,26,28)(H2,25,27,29)/t9-,10-,14+,15?,16+,17?,22-,23-/m1/s1. The van der Waals surface area contributed by atoms with Crippen LogP contribution in [0.1, 0.15) is 18.3 Å². The van der Waals surface area contributed by atoms with Crippen molar-refractivity contribution in [3.8, 4) is 11.8 Å². The minimum Gasteiger partial charge on any atom is -0.394 e. The Morgan fingerprint density at radius 3 is 2.22 bits per heavy atom. The number of ether oxygens (including phenoxy) is 3. The quantitative estimate of drug-likeness (QED) is 0.0872. The van der Waals surface area contributed by atoms with Gasteiger partial charge in [-0.1, -0.05) is 5.92 Å². The van der Waals surface area contributed by atoms with E-state index in [0.717, 1.165) is 0 Å². The SMILES string of the molecule is Nc1ncnc2c1ncn2[C@@H]1O[C@H](COCC#Cc2nc3c(N)ncnc3n2[C@@H]2O[C@H](CO)[C@H](O)C2O)C(O)[C@@H]1O. The van der Waals surface area contributed by atoms with E-state index in [1.54, 1.807) is 0 Å². The third kappa shape index (κ3) is 4.59. The maximum absolute atomic E-state index is 10.6. The van der Waals surface area contributed by atoms with Gasteiger partial charge in [0.1, 0.15) is 61.4 Å². The molecule has 0 aliphatic carbocycles. The lowest BCUT2D eigenvalue weighted by Crippen LogP contribution is -2.33. The van der Waals surface area contributed by atoms with E-state index in [1.165, 1.54) is 28.1 Å². The molecule has 2 aliphatic rings. The van der Waals surface area contributed by atoms with E-state index in [4.69, 9.17) is 25.7 Å². The molecule has 216 valence electrons. The Balaban J connectivity index is 1.16. The summed E-state index contributed by atoms with van der Waals surface area (Å²) in [5, 5.41) is 51.4. The Kier molecular flexibility index (Phi) is 7.10. The number of nitrogens with two attached hydrogens (primary N) is 2. The molecule has 0 bridgehead atoms. The van der Waals surface area contributed by atoms with Crippen LogP contribution in [0, 0.1) is 11.8 Å². The van der Waals surface area contributed by atoms with Gasteiger partial charge < -0.3 is 51.2 Å². The second kappa shape index (κ2) is 10.7. The molecule has 18 nitrogen and oxygen atoms in total. The second-order valence-electron chi connectivity index (χ2n) is 9.41. The molecule has 2 fully saturated rings. The number of imidazole rings is 2. The third-order valence-corrected chi connectivity index (χ3v) is 6.93. The van der Waals surface area contributed by atoms with Crippen LogP contribution < -0.4 is 11.5 Å². The summed E-state index contributed by atoms with van der Waals surface area (Å²) < 4.78 is 19.9. The molecule has 4 aromatic heterocycles. The Morgan fingerprint density at radius 1 is 0.829 bits per heavy atom. The van der Waals surface area contributed by atoms with Crippen molar-refractivity contribution in [2.75, 3.05) is 31.3 Å². The zero-order chi connectivity index (χ0) is 28.8. The van der Waals surface area contributed by atoms with E-state index in [-0.39, 0.29) is 41.8 Å². The first-order valence-electron chi connectivity index (χ1n) is 12.4. The van der Waals surface area contributed by atoms with Crippen LogP contribution in [0.2, 0.25) is 0 Å². The summed E-state index contributed by atoms with van der Waals surface area (Å²) in [7, 11) is 0. The highest BCUT2D eigenvalue weighted by Gasteiger charge is 2.45. The average Bonchev–Trinajstić information content (AvgIpc) is 3.70. The Bertz CT molecular complexity index is 1640. The average molecular weight is 571 g/mol. The van der Waals surface area contributed by atoms with E-state index in [0.29, 0.717) is 11.2 Å². The summed E-state index contributed by atoms with van der Waals surface area (Å²) in [5.74, 6) is 5.91. The monoisotopic (exact) mass is 570 g/mol. The molecular formula is C23H26N10O8. The highest BCUT2D eigenvalue weighted by Crippen LogP contribution is 2.34. The fraction of sp³-hybridized carbons (Fsp3) is 0.478. The van der Waals surface area contributed by atoms with Crippen molar-refractivity contribution in [2.24, 2.45) is 0 Å². The normalized spacial score (nSPS) is 29.8. The minimum absolute atomic E-state index is 0.0695. The van der Waals surface area contributed by atoms with Crippen LogP contribution in [0.15, 0.2) is 19.0 Å². The van der Waals surface area contributed by atoms with Gasteiger partial charge in [-0.15, -0.1) is 0 Å². The number of nitrogen functional groups attached to an aromatic ring is 2. The maximum atomic E-state index is 10.6. The number of fused-ring (bicyclic) bond motifs is 2. The number of anilines is 2. The van der Waals surface area contributed by atoms with Crippen LogP contribution in [0.5, 0.6) is 0 Å². The summed E-state index contributed by atoms with van der Waals surface area (Å²) in [6, 6.07) is 0. The maximum Gasteiger partial charge on any atom is 0.190 e. The van der Waals surface area contributed by atoms with Crippen LogP contribution in [0.25, 0.3) is 22.3 Å². The van der Waals surface area contributed by atoms with Crippen molar-refractivity contribution in [3.63, 3.8) is 0 Å². The van der Waals surface area contributed by atoms with Gasteiger partial charge in [0.2, 0.25) is 0 Å². The topological polar surface area (TPSA) is 268 Å². The number of hydrogen-bond donors (Lipinski definition) is 7. The van der Waals surface area contributed by atoms with Gasteiger partial charge in [0.25, 0.3) is 0 Å². The molecule has 9 N–H and O–H groups in total. The van der Waals surface area contributed by atoms with E-state index in [2.05, 4.69) is 41.7 Å². The molecule has 0 spiro atoms. The lowest BCUT2D eigenvalue weighted by molar-refractivity contribution is -0.0615. The van der Waals surface area contributed by atoms with Crippen LogP contribution in [-0.4, -0.2) is 121 Å². The van der Waals surface area contributed by atoms with E-state index in [9.17, 15) is 25.5 Å². The lowest BCUT2D eigenvalue weighted by Gasteiger charge is -2.17. The van der Waals surface area contributed by atoms with Crippen molar-refractivity contribution >= 4 is 34.0 Å². The van der Waals surface area contributed by atoms with Gasteiger partial charge in [-0.2, -0.15) is 0 Å². The lowest BCUT2D eigenvalue weighted by atomic mass is 10.1. The molecule has 0 radical (unpaired) electrons. The minimum atomic E-state index is -1.41. The summed E-state index contributed by atoms with van der Waals surface area (Å²) in [6.45, 7) is -0.765. The van der Waals surface area contributed by atoms with Crippen LogP contribution in [0.4, 0.5) is 11.6 Å². The number of aliphatic hydroxyl groups is 5. The molecular weight excluding hydrogens is 544 g/mol. The summed E-state index contributed by atoms with van der Waals surface area (Å²) in [5.41, 5.74) is 12.8. The molecule has 6 rings (SSSR count). The molecule has 0 saturated carbocycles. The third-order valence-electron chi connectivity index (χ3n) is 6.93. The van der Waals surface area contributed by atoms with Crippen molar-refractivity contribution in [2.45, 2.75) is 49.1 Å². The highest BCUT2D eigenvalue weighted by molar-refractivity contribution is 5.82. The Labute approximate surface area is 230 Å². The van der Waals surface area contributed by atoms with Crippen molar-refractivity contribution in [1.29, 1.82) is 0 Å². The van der Waals surface area contributed by atoms with Crippen LogP contribution in [0.3, 0.4) is 0 Å². The molecule has 2 saturated heterocycles. The van der Waals surface area contributed by atoms with Gasteiger partial charge in [-0.3, -0.25) is 9.13 Å². The fourth-order valence-electron chi connectivity index (χ4n) is 4.84. The van der Waals surface area contributed by atoms with Gasteiger partial charge in [0, 0.05) is 0 Å². The molecule has 2 unspecified atom stereocenters. The van der Waals surface area contributed by atoms with Crippen molar-refractivity contribution in [3.05, 3.63) is 24.8 Å². The van der Waals surface area contributed by atoms with E-state index < -0.39 is 55.7 Å². The first-order chi connectivity index (χ1) is 19.8. The molecule has 18 heteroatoms. The molecule has 41 heavy (non-hydrogen) atoms. The molecule has 8 atom stereocenters. The van der Waals surface area contributed by atoms with Gasteiger partial charge in [0.15, 0.2) is 46.7 Å². The summed E-state index contributed by atoms with van der Waals surface area (Å²) in [4.78, 5) is 24.6. The highest BCUT2D eigenvalue weighted by atomic mass is 16.6. The summed E-state index contributed by atoms with van der Waals surface area (Å²) in [6.07, 6.45) is -5.56. The van der Waals surface area contributed by atoms with Crippen LogP contribution >= 0.6 is 0 Å². The van der Waals surface area contributed by atoms with E-state index in [1.807, 2.05) is 0 Å². The molecule has 0 amide bonds. The molecule has 6 heterocycles. The smallest absolute Gasteiger partial charge is 0.190 e. The first kappa shape index (κ1) is 27.1. The van der Waals surface area contributed by atoms with Crippen molar-refractivity contribution < 1.29 is 39.7 Å². The Hall–Kier alpha value is -4.06. The largest absolute Gasteiger partial charge is 0.394 e. The predicted octanol–water partition coefficient (Wildman–Crippen LogP) is -3.57. The van der Waals surface area contributed by atoms with Gasteiger partial charge >= 0.3 is 0 Å². The van der Waals surface area contributed by atoms with Gasteiger partial charge in [-0.25, -0.2) is 29.9 Å². The number of nitrogens with zero attached hydrogens (tertiary/aromatic N) is 8. The molecule has 4 aromatic rings. The van der Waals surface area contributed by atoms with Gasteiger partial charge in [-0.05, 0) is 5.92 Å². The summed E-state index contributed by atoms with van der Waals surface area (Å²) >= 11 is 0. The van der Waals surface area contributed by atoms with E-state index >= 15 is 0 Å².